The number of carboxylic acid groups (broad SMARTS) is 1. The number of carbonyl (C=O) groups is 1. The summed E-state index contributed by atoms with van der Waals surface area (Å²) in [6.07, 6.45) is 0.838. The molecular weight excluding hydrogens is 448 g/mol. The average Bonchev–Trinajstić information content (AvgIpc) is 3.20. The van der Waals surface area contributed by atoms with Crippen molar-refractivity contribution < 1.29 is 14.6 Å². The number of nitrogens with zero attached hydrogens (tertiary/aromatic N) is 2. The van der Waals surface area contributed by atoms with Gasteiger partial charge in [-0.15, -0.1) is 0 Å². The SMILES string of the molecule is N=C(N)c1ccc2ccc(C[C@H](C(=O)O)c3ccc(O[C@H]4CCN(n5c(=O)c5=O)C4)cc3)cc2c1. The fourth-order valence-corrected chi connectivity index (χ4v) is 4.52. The number of amidine groups is 1. The highest BCUT2D eigenvalue weighted by molar-refractivity contribution is 5.99. The third kappa shape index (κ3) is 4.52. The molecule has 9 heteroatoms. The summed E-state index contributed by atoms with van der Waals surface area (Å²) in [4.78, 5) is 34.7. The van der Waals surface area contributed by atoms with Gasteiger partial charge in [0, 0.05) is 18.5 Å². The molecule has 2 heterocycles. The molecule has 1 fully saturated rings. The van der Waals surface area contributed by atoms with Crippen LogP contribution in [0.15, 0.2) is 70.3 Å². The highest BCUT2D eigenvalue weighted by Crippen LogP contribution is 2.27. The van der Waals surface area contributed by atoms with Crippen LogP contribution in [-0.4, -0.2) is 40.8 Å². The van der Waals surface area contributed by atoms with E-state index in [2.05, 4.69) is 0 Å². The number of hydrogen-bond donors (Lipinski definition) is 3. The van der Waals surface area contributed by atoms with E-state index in [1.807, 2.05) is 30.3 Å². The number of rotatable bonds is 8. The van der Waals surface area contributed by atoms with Crippen molar-refractivity contribution in [2.75, 3.05) is 18.1 Å². The van der Waals surface area contributed by atoms with Gasteiger partial charge >= 0.3 is 17.1 Å². The van der Waals surface area contributed by atoms with Gasteiger partial charge in [-0.2, -0.15) is 4.68 Å². The predicted molar refractivity (Wildman–Crippen MR) is 132 cm³/mol. The summed E-state index contributed by atoms with van der Waals surface area (Å²) in [6, 6.07) is 18.3. The van der Waals surface area contributed by atoms with Gasteiger partial charge in [-0.3, -0.25) is 19.8 Å². The molecule has 4 N–H and O–H groups in total. The summed E-state index contributed by atoms with van der Waals surface area (Å²) in [5.74, 6) is -1.06. The molecule has 1 aliphatic heterocycles. The number of carboxylic acids is 1. The van der Waals surface area contributed by atoms with Crippen molar-refractivity contribution in [3.05, 3.63) is 98.1 Å². The van der Waals surface area contributed by atoms with Crippen LogP contribution >= 0.6 is 0 Å². The Labute approximate surface area is 200 Å². The van der Waals surface area contributed by atoms with E-state index in [9.17, 15) is 19.5 Å². The number of aromatic nitrogens is 1. The quantitative estimate of drug-likeness (QED) is 0.202. The summed E-state index contributed by atoms with van der Waals surface area (Å²) >= 11 is 0. The van der Waals surface area contributed by atoms with E-state index in [4.69, 9.17) is 15.9 Å². The number of hydrogen-bond acceptors (Lipinski definition) is 6. The predicted octanol–water partition coefficient (Wildman–Crippen LogP) is 1.72. The lowest BCUT2D eigenvalue weighted by molar-refractivity contribution is -0.138. The van der Waals surface area contributed by atoms with Crippen LogP contribution in [0.2, 0.25) is 0 Å². The lowest BCUT2D eigenvalue weighted by atomic mass is 9.91. The Balaban J connectivity index is 1.28. The topological polar surface area (TPSA) is 139 Å². The van der Waals surface area contributed by atoms with Crippen LogP contribution in [0.25, 0.3) is 10.8 Å². The zero-order valence-corrected chi connectivity index (χ0v) is 18.8. The van der Waals surface area contributed by atoms with E-state index in [1.165, 1.54) is 0 Å². The molecule has 1 aliphatic rings. The lowest BCUT2D eigenvalue weighted by Gasteiger charge is -2.17. The minimum atomic E-state index is -0.921. The zero-order chi connectivity index (χ0) is 24.7. The monoisotopic (exact) mass is 472 g/mol. The highest BCUT2D eigenvalue weighted by atomic mass is 16.5. The summed E-state index contributed by atoms with van der Waals surface area (Å²) < 4.78 is 7.12. The molecule has 0 bridgehead atoms. The first kappa shape index (κ1) is 22.4. The number of ether oxygens (including phenoxy) is 1. The fraction of sp³-hybridized carbons (Fsp3) is 0.231. The largest absolute Gasteiger partial charge is 0.488 e. The summed E-state index contributed by atoms with van der Waals surface area (Å²) in [5, 5.41) is 21.1. The molecule has 9 nitrogen and oxygen atoms in total. The van der Waals surface area contributed by atoms with Gasteiger partial charge in [0.05, 0.1) is 12.5 Å². The van der Waals surface area contributed by atoms with Gasteiger partial charge in [-0.25, -0.2) is 0 Å². The molecule has 178 valence electrons. The first-order chi connectivity index (χ1) is 16.8. The first-order valence-corrected chi connectivity index (χ1v) is 11.3. The molecule has 1 aromatic heterocycles. The van der Waals surface area contributed by atoms with Crippen molar-refractivity contribution in [3.63, 3.8) is 0 Å². The van der Waals surface area contributed by atoms with Crippen molar-refractivity contribution in [1.82, 2.24) is 4.68 Å². The molecule has 0 unspecified atom stereocenters. The van der Waals surface area contributed by atoms with Gasteiger partial charge in [0.1, 0.15) is 17.7 Å². The summed E-state index contributed by atoms with van der Waals surface area (Å²) in [7, 11) is 0. The van der Waals surface area contributed by atoms with E-state index in [1.54, 1.807) is 35.3 Å². The number of nitrogens with two attached hydrogens (primary N) is 1. The van der Waals surface area contributed by atoms with Crippen LogP contribution < -0.4 is 26.6 Å². The van der Waals surface area contributed by atoms with Crippen LogP contribution in [0.5, 0.6) is 5.75 Å². The third-order valence-corrected chi connectivity index (χ3v) is 6.46. The Kier molecular flexibility index (Phi) is 5.60. The second-order valence-corrected chi connectivity index (χ2v) is 8.84. The number of benzene rings is 3. The van der Waals surface area contributed by atoms with Crippen molar-refractivity contribution in [2.45, 2.75) is 24.9 Å². The molecule has 35 heavy (non-hydrogen) atoms. The molecule has 5 rings (SSSR count). The van der Waals surface area contributed by atoms with Gasteiger partial charge in [0.2, 0.25) is 0 Å². The van der Waals surface area contributed by atoms with E-state index in [-0.39, 0.29) is 11.9 Å². The van der Waals surface area contributed by atoms with Crippen molar-refractivity contribution in [2.24, 2.45) is 5.73 Å². The lowest BCUT2D eigenvalue weighted by Crippen LogP contribution is -2.33. The Morgan fingerprint density at radius 3 is 2.43 bits per heavy atom. The van der Waals surface area contributed by atoms with Gasteiger partial charge in [0.25, 0.3) is 0 Å². The van der Waals surface area contributed by atoms with E-state index < -0.39 is 23.0 Å². The minimum Gasteiger partial charge on any atom is -0.488 e. The maximum absolute atomic E-state index is 12.1. The van der Waals surface area contributed by atoms with Gasteiger partial charge in [0.15, 0.2) is 0 Å². The second kappa shape index (κ2) is 8.75. The molecule has 4 aromatic rings. The number of aliphatic carboxylic acids is 1. The maximum atomic E-state index is 12.1. The van der Waals surface area contributed by atoms with Gasteiger partial charge in [-0.05, 0) is 46.5 Å². The van der Waals surface area contributed by atoms with E-state index in [0.717, 1.165) is 21.0 Å². The molecule has 0 aliphatic carbocycles. The second-order valence-electron chi connectivity index (χ2n) is 8.84. The highest BCUT2D eigenvalue weighted by Gasteiger charge is 2.31. The number of fused-ring (bicyclic) bond motifs is 1. The summed E-state index contributed by atoms with van der Waals surface area (Å²) in [5.41, 5.74) is 6.79. The molecule has 0 amide bonds. The van der Waals surface area contributed by atoms with Crippen LogP contribution in [0.3, 0.4) is 0 Å². The normalized spacial score (nSPS) is 16.6. The van der Waals surface area contributed by atoms with Crippen molar-refractivity contribution in [3.8, 4) is 5.75 Å². The Morgan fingerprint density at radius 1 is 1.06 bits per heavy atom. The van der Waals surface area contributed by atoms with Crippen molar-refractivity contribution >= 4 is 22.6 Å². The van der Waals surface area contributed by atoms with Gasteiger partial charge < -0.3 is 20.6 Å². The number of nitrogens with one attached hydrogen (secondary N) is 1. The van der Waals surface area contributed by atoms with Crippen LogP contribution in [0.4, 0.5) is 0 Å². The molecule has 3 aromatic carbocycles. The summed E-state index contributed by atoms with van der Waals surface area (Å²) in [6.45, 7) is 1.02. The maximum Gasteiger partial charge on any atom is 0.340 e. The van der Waals surface area contributed by atoms with E-state index >= 15 is 0 Å². The molecule has 0 spiro atoms. The molecule has 0 radical (unpaired) electrons. The van der Waals surface area contributed by atoms with Crippen LogP contribution in [0, 0.1) is 5.41 Å². The average molecular weight is 473 g/mol. The first-order valence-electron chi connectivity index (χ1n) is 11.3. The fourth-order valence-electron chi connectivity index (χ4n) is 4.52. The molecule has 2 atom stereocenters. The van der Waals surface area contributed by atoms with Crippen LogP contribution in [-0.2, 0) is 11.2 Å². The molecular formula is C26H24N4O5. The van der Waals surface area contributed by atoms with Gasteiger partial charge in [-0.1, -0.05) is 42.5 Å². The van der Waals surface area contributed by atoms with E-state index in [0.29, 0.717) is 42.8 Å². The zero-order valence-electron chi connectivity index (χ0n) is 18.8. The third-order valence-electron chi connectivity index (χ3n) is 6.46. The van der Waals surface area contributed by atoms with Crippen molar-refractivity contribution in [1.29, 1.82) is 5.41 Å². The van der Waals surface area contributed by atoms with Crippen LogP contribution in [0.1, 0.15) is 29.0 Å². The Morgan fingerprint density at radius 2 is 1.77 bits per heavy atom. The minimum absolute atomic E-state index is 0.0136. The standard InChI is InChI=1S/C26H24N4O5/c27-23(28)18-4-3-16-2-1-15(11-19(16)13-18)12-22(26(33)34)17-5-7-20(8-6-17)35-21-9-10-29(14-21)30-24(31)25(30)32/h1-8,11,13,21-22H,9-10,12,14H2,(H3,27,28)(H,33,34)/t21-,22-/m0/s1. The smallest absolute Gasteiger partial charge is 0.340 e. The number of nitrogen functional groups attached to an aromatic ring is 1. The Bertz CT molecular complexity index is 1470. The Hall–Kier alpha value is -4.40. The molecule has 1 saturated heterocycles. The molecule has 0 saturated carbocycles.